The van der Waals surface area contributed by atoms with E-state index in [1.807, 2.05) is 24.3 Å². The zero-order chi connectivity index (χ0) is 36.8. The Kier molecular flexibility index (Phi) is 17.9. The number of azo groups is 1. The van der Waals surface area contributed by atoms with Crippen LogP contribution in [-0.2, 0) is 23.8 Å². The summed E-state index contributed by atoms with van der Waals surface area (Å²) in [4.78, 5) is 49.7. The Morgan fingerprint density at radius 2 is 1.00 bits per heavy atom. The van der Waals surface area contributed by atoms with E-state index < -0.39 is 36.1 Å². The largest absolute Gasteiger partial charge is 0.494 e. The van der Waals surface area contributed by atoms with Crippen molar-refractivity contribution in [2.45, 2.75) is 104 Å². The van der Waals surface area contributed by atoms with Crippen molar-refractivity contribution in [1.29, 1.82) is 0 Å². The minimum atomic E-state index is -1.27. The third-order valence-electron chi connectivity index (χ3n) is 7.77. The molecule has 11 heteroatoms. The maximum atomic E-state index is 12.7. The molecule has 0 amide bonds. The Morgan fingerprint density at radius 1 is 0.529 bits per heavy atom. The van der Waals surface area contributed by atoms with Crippen LogP contribution >= 0.6 is 0 Å². The average molecular weight is 703 g/mol. The monoisotopic (exact) mass is 702 g/mol. The summed E-state index contributed by atoms with van der Waals surface area (Å²) in [5, 5.41) is 8.49. The first-order valence-electron chi connectivity index (χ1n) is 17.8. The van der Waals surface area contributed by atoms with E-state index in [1.54, 1.807) is 24.3 Å². The molecule has 0 aliphatic heterocycles. The predicted octanol–water partition coefficient (Wildman–Crippen LogP) is 9.66. The molecule has 0 aliphatic carbocycles. The molecule has 0 bridgehead atoms. The number of ether oxygens (including phenoxy) is 5. The molecular weight excluding hydrogens is 652 g/mol. The highest BCUT2D eigenvalue weighted by molar-refractivity contribution is 5.93. The van der Waals surface area contributed by atoms with Crippen LogP contribution in [0.4, 0.5) is 11.4 Å². The van der Waals surface area contributed by atoms with E-state index in [9.17, 15) is 19.2 Å². The van der Waals surface area contributed by atoms with Crippen molar-refractivity contribution in [1.82, 2.24) is 0 Å². The lowest BCUT2D eigenvalue weighted by atomic mass is 10.1. The van der Waals surface area contributed by atoms with Gasteiger partial charge in [-0.1, -0.05) is 65.2 Å². The fraction of sp³-hybridized carbons (Fsp3) is 0.450. The average Bonchev–Trinajstić information content (AvgIpc) is 3.14. The van der Waals surface area contributed by atoms with Crippen LogP contribution in [-0.4, -0.2) is 49.3 Å². The maximum absolute atomic E-state index is 12.7. The molecule has 11 nitrogen and oxygen atoms in total. The molecule has 0 unspecified atom stereocenters. The van der Waals surface area contributed by atoms with Crippen molar-refractivity contribution in [3.8, 4) is 11.5 Å². The summed E-state index contributed by atoms with van der Waals surface area (Å²) in [6, 6.07) is 19.6. The van der Waals surface area contributed by atoms with Crippen molar-refractivity contribution in [2.75, 3.05) is 13.2 Å². The summed E-state index contributed by atoms with van der Waals surface area (Å²) in [5.41, 5.74) is 1.65. The predicted molar refractivity (Wildman–Crippen MR) is 193 cm³/mol. The molecule has 0 saturated heterocycles. The summed E-state index contributed by atoms with van der Waals surface area (Å²) in [6.07, 6.45) is 8.68. The van der Waals surface area contributed by atoms with Crippen LogP contribution in [0.5, 0.6) is 11.5 Å². The van der Waals surface area contributed by atoms with E-state index >= 15 is 0 Å². The third kappa shape index (κ3) is 15.2. The van der Waals surface area contributed by atoms with Gasteiger partial charge in [0.05, 0.1) is 35.7 Å². The molecule has 51 heavy (non-hydrogen) atoms. The SMILES string of the molecule is CCCCCCCCOc1ccc(N=Nc2ccc(C(=O)Oc3ccc(C(=O)O[C@@H](C)C(=O)O[C@@H](C)C(=O)OCCCCCC)cc3)cc2)cc1. The molecule has 3 aromatic rings. The zero-order valence-corrected chi connectivity index (χ0v) is 30.1. The van der Waals surface area contributed by atoms with Gasteiger partial charge in [-0.3, -0.25) is 0 Å². The van der Waals surface area contributed by atoms with Crippen molar-refractivity contribution < 1.29 is 42.9 Å². The Bertz CT molecular complexity index is 1540. The lowest BCUT2D eigenvalue weighted by Gasteiger charge is -2.16. The van der Waals surface area contributed by atoms with E-state index in [4.69, 9.17) is 23.7 Å². The molecule has 0 fully saturated rings. The summed E-state index contributed by atoms with van der Waals surface area (Å²) < 4.78 is 26.7. The highest BCUT2D eigenvalue weighted by Gasteiger charge is 2.26. The number of nitrogens with zero attached hydrogens (tertiary/aromatic N) is 2. The Labute approximate surface area is 300 Å². The molecule has 0 heterocycles. The van der Waals surface area contributed by atoms with Crippen molar-refractivity contribution in [3.05, 3.63) is 83.9 Å². The normalized spacial score (nSPS) is 12.2. The van der Waals surface area contributed by atoms with Gasteiger partial charge in [0.2, 0.25) is 0 Å². The summed E-state index contributed by atoms with van der Waals surface area (Å²) in [7, 11) is 0. The summed E-state index contributed by atoms with van der Waals surface area (Å²) >= 11 is 0. The Hall–Kier alpha value is -5.06. The fourth-order valence-electron chi connectivity index (χ4n) is 4.70. The van der Waals surface area contributed by atoms with Gasteiger partial charge in [-0.05, 0) is 99.5 Å². The number of hydrogen-bond donors (Lipinski definition) is 0. The Morgan fingerprint density at radius 3 is 1.63 bits per heavy atom. The van der Waals surface area contributed by atoms with Crippen LogP contribution in [0, 0.1) is 0 Å². The van der Waals surface area contributed by atoms with Gasteiger partial charge in [-0.15, -0.1) is 0 Å². The second kappa shape index (κ2) is 22.6. The van der Waals surface area contributed by atoms with E-state index in [1.165, 1.54) is 70.2 Å². The maximum Gasteiger partial charge on any atom is 0.348 e. The van der Waals surface area contributed by atoms with E-state index in [2.05, 4.69) is 24.1 Å². The zero-order valence-electron chi connectivity index (χ0n) is 30.1. The third-order valence-corrected chi connectivity index (χ3v) is 7.77. The van der Waals surface area contributed by atoms with Gasteiger partial charge in [0.1, 0.15) is 11.5 Å². The number of carbonyl (C=O) groups excluding carboxylic acids is 4. The van der Waals surface area contributed by atoms with Crippen LogP contribution in [0.2, 0.25) is 0 Å². The Balaban J connectivity index is 1.40. The van der Waals surface area contributed by atoms with Crippen molar-refractivity contribution in [3.63, 3.8) is 0 Å². The van der Waals surface area contributed by atoms with E-state index in [0.717, 1.165) is 37.9 Å². The first kappa shape index (κ1) is 40.4. The quantitative estimate of drug-likeness (QED) is 0.0329. The van der Waals surface area contributed by atoms with E-state index in [-0.39, 0.29) is 17.9 Å². The van der Waals surface area contributed by atoms with E-state index in [0.29, 0.717) is 23.5 Å². The second-order valence-electron chi connectivity index (χ2n) is 12.1. The van der Waals surface area contributed by atoms with Crippen LogP contribution in [0.3, 0.4) is 0 Å². The van der Waals surface area contributed by atoms with Gasteiger partial charge in [-0.2, -0.15) is 10.2 Å². The fourth-order valence-corrected chi connectivity index (χ4v) is 4.70. The molecule has 0 aliphatic rings. The van der Waals surface area contributed by atoms with Gasteiger partial charge in [0.15, 0.2) is 12.2 Å². The topological polar surface area (TPSA) is 139 Å². The molecule has 3 rings (SSSR count). The highest BCUT2D eigenvalue weighted by atomic mass is 16.6. The molecular formula is C40H50N2O9. The molecule has 3 aromatic carbocycles. The van der Waals surface area contributed by atoms with Crippen molar-refractivity contribution in [2.24, 2.45) is 10.2 Å². The molecule has 0 aromatic heterocycles. The summed E-state index contributed by atoms with van der Waals surface area (Å²) in [6.45, 7) is 7.99. The number of rotatable bonds is 22. The molecule has 0 saturated carbocycles. The number of hydrogen-bond acceptors (Lipinski definition) is 11. The molecule has 0 spiro atoms. The van der Waals surface area contributed by atoms with Crippen LogP contribution < -0.4 is 9.47 Å². The molecule has 0 N–H and O–H groups in total. The lowest BCUT2D eigenvalue weighted by Crippen LogP contribution is -2.33. The first-order valence-corrected chi connectivity index (χ1v) is 17.8. The standard InChI is InChI=1S/C40H50N2O9/c1-5-7-9-11-12-14-27-47-35-25-21-34(22-26-35)42-41-33-19-15-31(16-20-33)40(46)51-36-23-17-32(18-24-36)39(45)50-30(4)38(44)49-29(3)37(43)48-28-13-10-8-6-2/h15-26,29-30H,5-14,27-28H2,1-4H3/t29-,30-/m0/s1. The second-order valence-corrected chi connectivity index (χ2v) is 12.1. The van der Waals surface area contributed by atoms with Crippen molar-refractivity contribution >= 4 is 35.3 Å². The molecule has 274 valence electrons. The minimum absolute atomic E-state index is 0.124. The van der Waals surface area contributed by atoms with Gasteiger partial charge < -0.3 is 23.7 Å². The first-order chi connectivity index (χ1) is 24.7. The van der Waals surface area contributed by atoms with Gasteiger partial charge in [0.25, 0.3) is 0 Å². The van der Waals surface area contributed by atoms with Gasteiger partial charge in [-0.25, -0.2) is 19.2 Å². The number of benzene rings is 3. The summed E-state index contributed by atoms with van der Waals surface area (Å²) in [5.74, 6) is -1.93. The number of unbranched alkanes of at least 4 members (excludes halogenated alkanes) is 8. The van der Waals surface area contributed by atoms with Gasteiger partial charge in [0, 0.05) is 0 Å². The van der Waals surface area contributed by atoms with Crippen LogP contribution in [0.15, 0.2) is 83.0 Å². The molecule has 0 radical (unpaired) electrons. The number of carbonyl (C=O) groups is 4. The van der Waals surface area contributed by atoms with Gasteiger partial charge >= 0.3 is 23.9 Å². The lowest BCUT2D eigenvalue weighted by molar-refractivity contribution is -0.171. The highest BCUT2D eigenvalue weighted by Crippen LogP contribution is 2.23. The number of esters is 4. The smallest absolute Gasteiger partial charge is 0.348 e. The minimum Gasteiger partial charge on any atom is -0.494 e. The molecule has 2 atom stereocenters. The van der Waals surface area contributed by atoms with Crippen LogP contribution in [0.1, 0.15) is 113 Å². The van der Waals surface area contributed by atoms with Crippen LogP contribution in [0.25, 0.3) is 0 Å².